The molecule has 24 heavy (non-hydrogen) atoms. The molecule has 1 aromatic rings. The topological polar surface area (TPSA) is 75.7 Å². The van der Waals surface area contributed by atoms with E-state index in [1.807, 2.05) is 4.90 Å². The lowest BCUT2D eigenvalue weighted by molar-refractivity contribution is -0.131. The van der Waals surface area contributed by atoms with E-state index in [0.29, 0.717) is 17.0 Å². The smallest absolute Gasteiger partial charge is 0.262 e. The van der Waals surface area contributed by atoms with Crippen molar-refractivity contribution in [3.8, 4) is 5.75 Å². The Morgan fingerprint density at radius 1 is 1.08 bits per heavy atom. The fourth-order valence-electron chi connectivity index (χ4n) is 3.10. The third-order valence-corrected chi connectivity index (χ3v) is 4.46. The summed E-state index contributed by atoms with van der Waals surface area (Å²) < 4.78 is 5.28. The minimum atomic E-state index is -0.233. The normalized spacial score (nSPS) is 17.3. The van der Waals surface area contributed by atoms with Crippen LogP contribution in [0.3, 0.4) is 0 Å². The minimum Gasteiger partial charge on any atom is -0.482 e. The van der Waals surface area contributed by atoms with E-state index in [9.17, 15) is 14.4 Å². The van der Waals surface area contributed by atoms with Gasteiger partial charge in [0.1, 0.15) is 5.75 Å². The summed E-state index contributed by atoms with van der Waals surface area (Å²) in [7, 11) is 0. The minimum absolute atomic E-state index is 0.00930. The van der Waals surface area contributed by atoms with Gasteiger partial charge in [0.15, 0.2) is 12.4 Å². The maximum Gasteiger partial charge on any atom is 0.262 e. The molecule has 2 amide bonds. The van der Waals surface area contributed by atoms with Gasteiger partial charge in [-0.3, -0.25) is 14.4 Å². The first-order chi connectivity index (χ1) is 11.6. The summed E-state index contributed by atoms with van der Waals surface area (Å²) in [6.45, 7) is 1.59. The molecule has 128 valence electrons. The van der Waals surface area contributed by atoms with E-state index >= 15 is 0 Å². The summed E-state index contributed by atoms with van der Waals surface area (Å²) in [6, 6.07) is 4.97. The summed E-state index contributed by atoms with van der Waals surface area (Å²) in [5, 5.41) is 2.69. The van der Waals surface area contributed by atoms with Gasteiger partial charge in [0.25, 0.3) is 5.91 Å². The number of anilines is 1. The third kappa shape index (κ3) is 3.93. The van der Waals surface area contributed by atoms with Gasteiger partial charge >= 0.3 is 0 Å². The van der Waals surface area contributed by atoms with Crippen LogP contribution >= 0.6 is 0 Å². The molecule has 2 aliphatic heterocycles. The van der Waals surface area contributed by atoms with E-state index < -0.39 is 0 Å². The maximum atomic E-state index is 12.3. The van der Waals surface area contributed by atoms with Gasteiger partial charge in [0, 0.05) is 31.5 Å². The lowest BCUT2D eigenvalue weighted by Crippen LogP contribution is -2.32. The number of fused-ring (bicyclic) bond motifs is 1. The Bertz CT molecular complexity index is 648. The Kier molecular flexibility index (Phi) is 5.13. The second-order valence-electron chi connectivity index (χ2n) is 6.27. The Hall–Kier alpha value is -2.37. The van der Waals surface area contributed by atoms with Crippen LogP contribution in [-0.4, -0.2) is 42.2 Å². The molecule has 0 aromatic heterocycles. The van der Waals surface area contributed by atoms with Crippen molar-refractivity contribution in [2.24, 2.45) is 0 Å². The van der Waals surface area contributed by atoms with E-state index in [-0.39, 0.29) is 37.0 Å². The fourth-order valence-corrected chi connectivity index (χ4v) is 3.10. The molecule has 0 bridgehead atoms. The molecule has 2 aliphatic rings. The van der Waals surface area contributed by atoms with Gasteiger partial charge in [-0.2, -0.15) is 0 Å². The Balaban J connectivity index is 1.57. The van der Waals surface area contributed by atoms with Crippen molar-refractivity contribution < 1.29 is 19.1 Å². The third-order valence-electron chi connectivity index (χ3n) is 4.46. The van der Waals surface area contributed by atoms with Gasteiger partial charge in [-0.25, -0.2) is 0 Å². The first-order valence-electron chi connectivity index (χ1n) is 8.51. The predicted octanol–water partition coefficient (Wildman–Crippen LogP) is 2.38. The molecular formula is C18H22N2O4. The molecule has 6 nitrogen and oxygen atoms in total. The number of ether oxygens (including phenoxy) is 1. The number of carbonyl (C=O) groups excluding carboxylic acids is 3. The molecule has 6 heteroatoms. The van der Waals surface area contributed by atoms with Crippen molar-refractivity contribution in [1.29, 1.82) is 0 Å². The van der Waals surface area contributed by atoms with Gasteiger partial charge in [-0.15, -0.1) is 0 Å². The number of Topliss-reactive ketones (excluding diaryl/α,β-unsaturated/α-hetero) is 1. The summed E-state index contributed by atoms with van der Waals surface area (Å²) in [4.78, 5) is 37.8. The van der Waals surface area contributed by atoms with E-state index in [2.05, 4.69) is 5.32 Å². The van der Waals surface area contributed by atoms with Crippen LogP contribution in [0.4, 0.5) is 5.69 Å². The first-order valence-corrected chi connectivity index (χ1v) is 8.51. The lowest BCUT2D eigenvalue weighted by Gasteiger charge is -2.20. The van der Waals surface area contributed by atoms with Crippen molar-refractivity contribution in [2.45, 2.75) is 38.5 Å². The molecule has 2 heterocycles. The summed E-state index contributed by atoms with van der Waals surface area (Å²) in [5.41, 5.74) is 0.999. The number of ketones is 1. The molecule has 0 radical (unpaired) electrons. The Morgan fingerprint density at radius 3 is 2.58 bits per heavy atom. The van der Waals surface area contributed by atoms with E-state index in [1.54, 1.807) is 18.2 Å². The molecule has 3 rings (SSSR count). The number of hydrogen-bond acceptors (Lipinski definition) is 4. The molecule has 1 fully saturated rings. The van der Waals surface area contributed by atoms with Crippen LogP contribution in [0.25, 0.3) is 0 Å². The molecule has 0 unspecified atom stereocenters. The Morgan fingerprint density at radius 2 is 1.83 bits per heavy atom. The molecule has 1 N–H and O–H groups in total. The fraction of sp³-hybridized carbons (Fsp3) is 0.500. The largest absolute Gasteiger partial charge is 0.482 e. The molecular weight excluding hydrogens is 308 g/mol. The van der Waals surface area contributed by atoms with Crippen LogP contribution in [0.15, 0.2) is 18.2 Å². The van der Waals surface area contributed by atoms with Crippen molar-refractivity contribution in [3.63, 3.8) is 0 Å². The number of likely N-dealkylation sites (tertiary alicyclic amines) is 1. The van der Waals surface area contributed by atoms with Crippen LogP contribution in [0.2, 0.25) is 0 Å². The number of nitrogens with one attached hydrogen (secondary N) is 1. The number of benzene rings is 1. The van der Waals surface area contributed by atoms with Gasteiger partial charge < -0.3 is 15.0 Å². The summed E-state index contributed by atoms with van der Waals surface area (Å²) in [6.07, 6.45) is 4.85. The lowest BCUT2D eigenvalue weighted by atomic mass is 10.0. The van der Waals surface area contributed by atoms with E-state index in [1.165, 1.54) is 12.8 Å². The average Bonchev–Trinajstić information content (AvgIpc) is 2.88. The highest BCUT2D eigenvalue weighted by Crippen LogP contribution is 2.29. The van der Waals surface area contributed by atoms with Gasteiger partial charge in [0.05, 0.1) is 5.69 Å². The zero-order valence-electron chi connectivity index (χ0n) is 13.7. The quantitative estimate of drug-likeness (QED) is 0.860. The van der Waals surface area contributed by atoms with Gasteiger partial charge in [-0.1, -0.05) is 12.8 Å². The second-order valence-corrected chi connectivity index (χ2v) is 6.27. The molecule has 1 aromatic carbocycles. The van der Waals surface area contributed by atoms with Crippen LogP contribution in [0, 0.1) is 0 Å². The number of rotatable bonds is 4. The monoisotopic (exact) mass is 330 g/mol. The van der Waals surface area contributed by atoms with Crippen molar-refractivity contribution >= 4 is 23.3 Å². The maximum absolute atomic E-state index is 12.3. The number of amides is 2. The number of hydrogen-bond donors (Lipinski definition) is 1. The van der Waals surface area contributed by atoms with Crippen molar-refractivity contribution in [2.75, 3.05) is 25.0 Å². The number of carbonyl (C=O) groups is 3. The predicted molar refractivity (Wildman–Crippen MR) is 89.2 cm³/mol. The molecule has 0 spiro atoms. The van der Waals surface area contributed by atoms with Crippen LogP contribution < -0.4 is 10.1 Å². The Labute approximate surface area is 141 Å². The van der Waals surface area contributed by atoms with E-state index in [0.717, 1.165) is 25.9 Å². The van der Waals surface area contributed by atoms with Crippen molar-refractivity contribution in [1.82, 2.24) is 4.90 Å². The molecule has 0 saturated carbocycles. The number of nitrogens with zero attached hydrogens (tertiary/aromatic N) is 1. The average molecular weight is 330 g/mol. The van der Waals surface area contributed by atoms with Crippen LogP contribution in [-0.2, 0) is 9.59 Å². The second kappa shape index (κ2) is 7.47. The molecule has 0 atom stereocenters. The molecule has 0 aliphatic carbocycles. The summed E-state index contributed by atoms with van der Waals surface area (Å²) >= 11 is 0. The highest BCUT2D eigenvalue weighted by molar-refractivity contribution is 6.01. The van der Waals surface area contributed by atoms with E-state index in [4.69, 9.17) is 4.74 Å². The van der Waals surface area contributed by atoms with Crippen LogP contribution in [0.5, 0.6) is 5.75 Å². The summed E-state index contributed by atoms with van der Waals surface area (Å²) in [5.74, 6) is 0.288. The standard InChI is InChI=1S/C18H22N2O4/c21-15(6-8-18(23)20-9-3-1-2-4-10-20)13-5-7-16-14(11-13)19-17(22)12-24-16/h5,7,11H,1-4,6,8-10,12H2,(H,19,22). The first kappa shape index (κ1) is 16.5. The van der Waals surface area contributed by atoms with Gasteiger partial charge in [-0.05, 0) is 31.0 Å². The molecule has 1 saturated heterocycles. The highest BCUT2D eigenvalue weighted by atomic mass is 16.5. The zero-order chi connectivity index (χ0) is 16.9. The van der Waals surface area contributed by atoms with Crippen LogP contribution in [0.1, 0.15) is 48.9 Å². The zero-order valence-corrected chi connectivity index (χ0v) is 13.7. The van der Waals surface area contributed by atoms with Gasteiger partial charge in [0.2, 0.25) is 5.91 Å². The SMILES string of the molecule is O=C1COc2ccc(C(=O)CCC(=O)N3CCCCCC3)cc2N1. The highest BCUT2D eigenvalue weighted by Gasteiger charge is 2.20. The van der Waals surface area contributed by atoms with Crippen molar-refractivity contribution in [3.05, 3.63) is 23.8 Å².